The van der Waals surface area contributed by atoms with Crippen LogP contribution in [0.3, 0.4) is 0 Å². The minimum absolute atomic E-state index is 0.129. The van der Waals surface area contributed by atoms with E-state index in [1.54, 1.807) is 6.07 Å². The van der Waals surface area contributed by atoms with E-state index >= 15 is 0 Å². The first-order valence-electron chi connectivity index (χ1n) is 8.58. The summed E-state index contributed by atoms with van der Waals surface area (Å²) in [4.78, 5) is 25.8. The van der Waals surface area contributed by atoms with Crippen LogP contribution in [-0.2, 0) is 4.74 Å². The highest BCUT2D eigenvalue weighted by atomic mass is 16.6. The van der Waals surface area contributed by atoms with Gasteiger partial charge in [0.1, 0.15) is 11.3 Å². The lowest BCUT2D eigenvalue weighted by Crippen LogP contribution is -2.41. The summed E-state index contributed by atoms with van der Waals surface area (Å²) in [5.41, 5.74) is 0.915. The normalized spacial score (nSPS) is 11.1. The first-order chi connectivity index (χ1) is 12.3. The van der Waals surface area contributed by atoms with Gasteiger partial charge in [0.2, 0.25) is 5.76 Å². The monoisotopic (exact) mass is 359 g/mol. The Kier molecular flexibility index (Phi) is 6.38. The molecule has 0 bridgehead atoms. The highest BCUT2D eigenvalue weighted by Crippen LogP contribution is 2.18. The molecule has 0 unspecified atom stereocenters. The number of amides is 2. The van der Waals surface area contributed by atoms with Crippen molar-refractivity contribution in [1.82, 2.24) is 15.4 Å². The molecule has 1 N–H and O–H groups in total. The molecule has 2 aromatic rings. The zero-order valence-electron chi connectivity index (χ0n) is 15.6. The van der Waals surface area contributed by atoms with Gasteiger partial charge in [0.15, 0.2) is 0 Å². The SMILES string of the molecule is CCN(CCNC(=O)c1cc(-c2ccccc2)no1)C(=O)OC(C)(C)C. The lowest BCUT2D eigenvalue weighted by molar-refractivity contribution is 0.0260. The second-order valence-corrected chi connectivity index (χ2v) is 6.76. The molecule has 26 heavy (non-hydrogen) atoms. The molecule has 2 amide bonds. The lowest BCUT2D eigenvalue weighted by atomic mass is 10.1. The summed E-state index contributed by atoms with van der Waals surface area (Å²) in [5, 5.41) is 6.64. The summed E-state index contributed by atoms with van der Waals surface area (Å²) in [6, 6.07) is 11.1. The fourth-order valence-corrected chi connectivity index (χ4v) is 2.22. The quantitative estimate of drug-likeness (QED) is 0.855. The number of carbonyl (C=O) groups is 2. The Morgan fingerprint density at radius 1 is 1.23 bits per heavy atom. The third kappa shape index (κ3) is 5.61. The number of hydrogen-bond donors (Lipinski definition) is 1. The highest BCUT2D eigenvalue weighted by molar-refractivity contribution is 5.92. The van der Waals surface area contributed by atoms with Gasteiger partial charge in [0.25, 0.3) is 5.91 Å². The number of aromatic nitrogens is 1. The van der Waals surface area contributed by atoms with E-state index in [4.69, 9.17) is 9.26 Å². The van der Waals surface area contributed by atoms with Crippen molar-refractivity contribution in [3.63, 3.8) is 0 Å². The number of ether oxygens (including phenoxy) is 1. The van der Waals surface area contributed by atoms with Crippen LogP contribution in [0, 0.1) is 0 Å². The molecule has 0 aliphatic carbocycles. The summed E-state index contributed by atoms with van der Waals surface area (Å²) in [7, 11) is 0. The van der Waals surface area contributed by atoms with Crippen LogP contribution in [-0.4, -0.2) is 47.3 Å². The van der Waals surface area contributed by atoms with Crippen LogP contribution in [0.15, 0.2) is 40.9 Å². The van der Waals surface area contributed by atoms with E-state index < -0.39 is 11.7 Å². The van der Waals surface area contributed by atoms with Gasteiger partial charge < -0.3 is 19.5 Å². The Balaban J connectivity index is 1.87. The second-order valence-electron chi connectivity index (χ2n) is 6.76. The van der Waals surface area contributed by atoms with Crippen molar-refractivity contribution in [3.05, 3.63) is 42.2 Å². The maximum atomic E-state index is 12.2. The predicted octanol–water partition coefficient (Wildman–Crippen LogP) is 3.33. The number of nitrogens with zero attached hydrogens (tertiary/aromatic N) is 2. The van der Waals surface area contributed by atoms with Gasteiger partial charge in [-0.05, 0) is 27.7 Å². The molecule has 0 saturated heterocycles. The first kappa shape index (κ1) is 19.5. The van der Waals surface area contributed by atoms with Crippen molar-refractivity contribution < 1.29 is 18.8 Å². The van der Waals surface area contributed by atoms with Crippen LogP contribution in [0.1, 0.15) is 38.2 Å². The minimum atomic E-state index is -0.554. The Morgan fingerprint density at radius 2 is 1.92 bits per heavy atom. The highest BCUT2D eigenvalue weighted by Gasteiger charge is 2.21. The molecule has 0 aliphatic rings. The van der Waals surface area contributed by atoms with E-state index in [2.05, 4.69) is 10.5 Å². The minimum Gasteiger partial charge on any atom is -0.444 e. The summed E-state index contributed by atoms with van der Waals surface area (Å²) in [6.07, 6.45) is -0.403. The maximum absolute atomic E-state index is 12.2. The van der Waals surface area contributed by atoms with Crippen molar-refractivity contribution in [2.45, 2.75) is 33.3 Å². The van der Waals surface area contributed by atoms with Crippen molar-refractivity contribution in [3.8, 4) is 11.3 Å². The summed E-state index contributed by atoms with van der Waals surface area (Å²) in [6.45, 7) is 8.42. The van der Waals surface area contributed by atoms with E-state index in [9.17, 15) is 9.59 Å². The van der Waals surface area contributed by atoms with Gasteiger partial charge >= 0.3 is 6.09 Å². The molecule has 1 aromatic carbocycles. The number of hydrogen-bond acceptors (Lipinski definition) is 5. The topological polar surface area (TPSA) is 84.7 Å². The number of carbonyl (C=O) groups excluding carboxylic acids is 2. The van der Waals surface area contributed by atoms with E-state index in [-0.39, 0.29) is 18.2 Å². The van der Waals surface area contributed by atoms with Crippen LogP contribution < -0.4 is 5.32 Å². The van der Waals surface area contributed by atoms with Gasteiger partial charge in [-0.25, -0.2) is 4.79 Å². The Labute approximate surface area is 153 Å². The molecule has 140 valence electrons. The van der Waals surface area contributed by atoms with Crippen molar-refractivity contribution in [1.29, 1.82) is 0 Å². The van der Waals surface area contributed by atoms with Crippen molar-refractivity contribution in [2.24, 2.45) is 0 Å². The molecule has 7 heteroatoms. The van der Waals surface area contributed by atoms with Gasteiger partial charge in [-0.1, -0.05) is 35.5 Å². The molecular weight excluding hydrogens is 334 g/mol. The van der Waals surface area contributed by atoms with Crippen LogP contribution in [0.4, 0.5) is 4.79 Å². The molecule has 1 aromatic heterocycles. The molecule has 0 radical (unpaired) electrons. The molecule has 0 aliphatic heterocycles. The predicted molar refractivity (Wildman–Crippen MR) is 97.8 cm³/mol. The number of rotatable bonds is 6. The van der Waals surface area contributed by atoms with Gasteiger partial charge in [-0.3, -0.25) is 4.79 Å². The third-order valence-electron chi connectivity index (χ3n) is 3.50. The van der Waals surface area contributed by atoms with E-state index in [1.165, 1.54) is 4.90 Å². The Bertz CT molecular complexity index is 735. The number of likely N-dealkylation sites (N-methyl/N-ethyl adjacent to an activating group) is 1. The zero-order valence-corrected chi connectivity index (χ0v) is 15.6. The molecule has 0 fully saturated rings. The van der Waals surface area contributed by atoms with Gasteiger partial charge in [0.05, 0.1) is 0 Å². The molecule has 0 saturated carbocycles. The van der Waals surface area contributed by atoms with Crippen LogP contribution in [0.5, 0.6) is 0 Å². The average molecular weight is 359 g/mol. The lowest BCUT2D eigenvalue weighted by Gasteiger charge is -2.26. The van der Waals surface area contributed by atoms with Crippen LogP contribution in [0.25, 0.3) is 11.3 Å². The number of benzene rings is 1. The zero-order chi connectivity index (χ0) is 19.2. The summed E-state index contributed by atoms with van der Waals surface area (Å²) in [5.74, 6) is -0.246. The second kappa shape index (κ2) is 8.51. The van der Waals surface area contributed by atoms with Crippen LogP contribution >= 0.6 is 0 Å². The van der Waals surface area contributed by atoms with E-state index in [0.717, 1.165) is 5.56 Å². The van der Waals surface area contributed by atoms with Gasteiger partial charge in [0, 0.05) is 31.3 Å². The van der Waals surface area contributed by atoms with Gasteiger partial charge in [-0.2, -0.15) is 0 Å². The van der Waals surface area contributed by atoms with Crippen molar-refractivity contribution in [2.75, 3.05) is 19.6 Å². The fourth-order valence-electron chi connectivity index (χ4n) is 2.22. The van der Waals surface area contributed by atoms with E-state index in [1.807, 2.05) is 58.0 Å². The molecular formula is C19H25N3O4. The maximum Gasteiger partial charge on any atom is 0.410 e. The smallest absolute Gasteiger partial charge is 0.410 e. The standard InChI is InChI=1S/C19H25N3O4/c1-5-22(18(24)25-19(2,3)4)12-11-20-17(23)16-13-15(21-26-16)14-9-7-6-8-10-14/h6-10,13H,5,11-12H2,1-4H3,(H,20,23). The molecule has 1 heterocycles. The van der Waals surface area contributed by atoms with Crippen LogP contribution in [0.2, 0.25) is 0 Å². The van der Waals surface area contributed by atoms with Crippen molar-refractivity contribution >= 4 is 12.0 Å². The molecule has 0 spiro atoms. The Morgan fingerprint density at radius 3 is 2.54 bits per heavy atom. The molecule has 7 nitrogen and oxygen atoms in total. The largest absolute Gasteiger partial charge is 0.444 e. The summed E-state index contributed by atoms with van der Waals surface area (Å²) < 4.78 is 10.4. The van der Waals surface area contributed by atoms with E-state index in [0.29, 0.717) is 18.8 Å². The third-order valence-corrected chi connectivity index (χ3v) is 3.50. The summed E-state index contributed by atoms with van der Waals surface area (Å²) >= 11 is 0. The molecule has 2 rings (SSSR count). The first-order valence-corrected chi connectivity index (χ1v) is 8.58. The molecule has 0 atom stereocenters. The average Bonchev–Trinajstić information content (AvgIpc) is 3.08. The Hall–Kier alpha value is -2.83. The van der Waals surface area contributed by atoms with Gasteiger partial charge in [-0.15, -0.1) is 0 Å². The fraction of sp³-hybridized carbons (Fsp3) is 0.421. The number of nitrogens with one attached hydrogen (secondary N) is 1.